The smallest absolute Gasteiger partial charge is 0.306 e. The van der Waals surface area contributed by atoms with Crippen LogP contribution < -0.4 is 10.2 Å². The highest BCUT2D eigenvalue weighted by Gasteiger charge is 2.27. The van der Waals surface area contributed by atoms with Gasteiger partial charge in [0.2, 0.25) is 5.91 Å². The number of nitrogens with one attached hydrogen (secondary N) is 1. The minimum atomic E-state index is -4.71. The molecule has 0 radical (unpaired) electrons. The van der Waals surface area contributed by atoms with Crippen molar-refractivity contribution < 1.29 is 37.3 Å². The molecule has 10 heteroatoms. The second kappa shape index (κ2) is 58.1. The zero-order chi connectivity index (χ0) is 57.9. The molecule has 0 rings (SSSR count). The van der Waals surface area contributed by atoms with E-state index in [1.54, 1.807) is 0 Å². The van der Waals surface area contributed by atoms with Gasteiger partial charge < -0.3 is 28.5 Å². The molecule has 0 aromatic rings. The molecule has 0 saturated heterocycles. The molecule has 1 N–H and O–H groups in total. The Balaban J connectivity index is 5.17. The molecule has 9 nitrogen and oxygen atoms in total. The number of allylic oxidation sites excluding steroid dienone is 15. The van der Waals surface area contributed by atoms with E-state index >= 15 is 0 Å². The van der Waals surface area contributed by atoms with Crippen molar-refractivity contribution in [2.75, 3.05) is 40.9 Å². The lowest BCUT2D eigenvalue weighted by Gasteiger charge is -2.30. The van der Waals surface area contributed by atoms with E-state index in [-0.39, 0.29) is 31.3 Å². The van der Waals surface area contributed by atoms with Crippen molar-refractivity contribution in [1.29, 1.82) is 0 Å². The number of likely N-dealkylation sites (N-methyl/N-ethyl adjacent to an activating group) is 1. The number of esters is 1. The topological polar surface area (TPSA) is 114 Å². The first kappa shape index (κ1) is 75.9. The normalized spacial score (nSPS) is 14.3. The number of ether oxygens (including phenoxy) is 1. The number of rotatable bonds is 58. The van der Waals surface area contributed by atoms with Gasteiger partial charge in [0, 0.05) is 12.8 Å². The van der Waals surface area contributed by atoms with Gasteiger partial charge in [0.15, 0.2) is 0 Å². The van der Waals surface area contributed by atoms with Crippen LogP contribution in [0.15, 0.2) is 97.2 Å². The summed E-state index contributed by atoms with van der Waals surface area (Å²) in [6.07, 6.45) is 78.0. The molecule has 456 valence electrons. The Morgan fingerprint density at radius 3 is 1.18 bits per heavy atom. The van der Waals surface area contributed by atoms with Crippen molar-refractivity contribution in [3.8, 4) is 0 Å². The molecule has 3 unspecified atom stereocenters. The standard InChI is InChI=1S/C69H123N2O7P/c1-7-10-13-16-19-22-25-27-29-31-32-33-34-35-36-37-38-40-42-44-47-50-53-56-59-62-69(73)78-67(60-57-54-51-48-45-24-21-18-15-12-9-3)66(65-77-79(74,75)76-64-63-71(4,5)6)70-68(72)61-58-55-52-49-46-43-41-39-30-28-26-23-20-17-14-11-8-2/h19-20,22-23,27-30,32-33,35-36,41,43,57,60,66-67H,7-18,21,24-26,31,34,37-40,42,44-56,58-59,61-65H2,1-6H3,(H-,70,72,74,75)/b22-19-,23-20-,29-27-,30-28-,33-32-,36-35-,43-41-,60-57-. The zero-order valence-electron chi connectivity index (χ0n) is 52.1. The Hall–Kier alpha value is -3.07. The third-order valence-electron chi connectivity index (χ3n) is 14.0. The second-order valence-corrected chi connectivity index (χ2v) is 24.3. The van der Waals surface area contributed by atoms with Gasteiger partial charge in [-0.1, -0.05) is 247 Å². The monoisotopic (exact) mass is 1120 g/mol. The van der Waals surface area contributed by atoms with Crippen LogP contribution in [0.25, 0.3) is 0 Å². The molecule has 1 amide bonds. The Morgan fingerprint density at radius 1 is 0.443 bits per heavy atom. The number of phosphoric acid groups is 1. The molecule has 0 saturated carbocycles. The van der Waals surface area contributed by atoms with Crippen LogP contribution in [-0.4, -0.2) is 69.4 Å². The number of unbranched alkanes of at least 4 members (excludes halogenated alkanes) is 28. The number of hydrogen-bond donors (Lipinski definition) is 1. The number of amides is 1. The average Bonchev–Trinajstić information content (AvgIpc) is 3.41. The first-order chi connectivity index (χ1) is 38.4. The number of hydrogen-bond acceptors (Lipinski definition) is 7. The Bertz CT molecular complexity index is 1670. The largest absolute Gasteiger partial charge is 0.756 e. The van der Waals surface area contributed by atoms with E-state index in [4.69, 9.17) is 13.8 Å². The van der Waals surface area contributed by atoms with Gasteiger partial charge in [0.05, 0.1) is 33.8 Å². The summed E-state index contributed by atoms with van der Waals surface area (Å²) >= 11 is 0. The van der Waals surface area contributed by atoms with E-state index in [2.05, 4.69) is 111 Å². The average molecular weight is 1120 g/mol. The van der Waals surface area contributed by atoms with Crippen LogP contribution in [0.3, 0.4) is 0 Å². The van der Waals surface area contributed by atoms with Crippen LogP contribution >= 0.6 is 7.82 Å². The van der Waals surface area contributed by atoms with Crippen LogP contribution in [0, 0.1) is 0 Å². The molecular weight excluding hydrogens is 1000 g/mol. The predicted molar refractivity (Wildman–Crippen MR) is 339 cm³/mol. The summed E-state index contributed by atoms with van der Waals surface area (Å²) in [6.45, 7) is 6.76. The molecule has 0 spiro atoms. The molecule has 79 heavy (non-hydrogen) atoms. The van der Waals surface area contributed by atoms with Crippen LogP contribution in [0.4, 0.5) is 0 Å². The zero-order valence-corrected chi connectivity index (χ0v) is 52.9. The highest BCUT2D eigenvalue weighted by molar-refractivity contribution is 7.45. The fraction of sp³-hybridized carbons (Fsp3) is 0.739. The maximum Gasteiger partial charge on any atom is 0.306 e. The first-order valence-electron chi connectivity index (χ1n) is 32.5. The van der Waals surface area contributed by atoms with E-state index in [9.17, 15) is 19.0 Å². The van der Waals surface area contributed by atoms with Crippen molar-refractivity contribution >= 4 is 19.7 Å². The van der Waals surface area contributed by atoms with Crippen LogP contribution in [0.1, 0.15) is 278 Å². The highest BCUT2D eigenvalue weighted by Crippen LogP contribution is 2.38. The quantitative estimate of drug-likeness (QED) is 0.0212. The minimum Gasteiger partial charge on any atom is -0.756 e. The molecule has 0 bridgehead atoms. The van der Waals surface area contributed by atoms with E-state index in [0.29, 0.717) is 17.4 Å². The fourth-order valence-corrected chi connectivity index (χ4v) is 9.65. The van der Waals surface area contributed by atoms with Gasteiger partial charge in [0.1, 0.15) is 19.3 Å². The second-order valence-electron chi connectivity index (χ2n) is 22.9. The van der Waals surface area contributed by atoms with Crippen LogP contribution in [0.2, 0.25) is 0 Å². The van der Waals surface area contributed by atoms with Gasteiger partial charge in [-0.3, -0.25) is 14.2 Å². The van der Waals surface area contributed by atoms with Crippen LogP contribution in [0.5, 0.6) is 0 Å². The molecule has 0 fully saturated rings. The highest BCUT2D eigenvalue weighted by atomic mass is 31.2. The summed E-state index contributed by atoms with van der Waals surface area (Å²) in [4.78, 5) is 40.0. The van der Waals surface area contributed by atoms with Gasteiger partial charge in [-0.05, 0) is 115 Å². The third-order valence-corrected chi connectivity index (χ3v) is 15.0. The van der Waals surface area contributed by atoms with Gasteiger partial charge >= 0.3 is 5.97 Å². The Labute approximate surface area is 488 Å². The molecule has 0 aromatic carbocycles. The van der Waals surface area contributed by atoms with Crippen molar-refractivity contribution in [3.63, 3.8) is 0 Å². The lowest BCUT2D eigenvalue weighted by molar-refractivity contribution is -0.870. The summed E-state index contributed by atoms with van der Waals surface area (Å²) in [6, 6.07) is -0.908. The fourth-order valence-electron chi connectivity index (χ4n) is 8.92. The lowest BCUT2D eigenvalue weighted by Crippen LogP contribution is -2.47. The SMILES string of the molecule is CCCCC/C=C\C/C=C\C/C=C\C/C=C\CCCCCCCCCCCC(=O)OC(/C=C\CCCCCCCCCCC)C(COP(=O)([O-])OCC[N+](C)(C)C)NC(=O)CCCCCC/C=C\C/C=C\C/C=C\CCCCC. The molecule has 3 atom stereocenters. The van der Waals surface area contributed by atoms with Gasteiger partial charge in [0.25, 0.3) is 7.82 Å². The first-order valence-corrected chi connectivity index (χ1v) is 34.0. The summed E-state index contributed by atoms with van der Waals surface area (Å²) in [5.74, 6) is -0.575. The Morgan fingerprint density at radius 2 is 0.772 bits per heavy atom. The van der Waals surface area contributed by atoms with Gasteiger partial charge in [-0.2, -0.15) is 0 Å². The van der Waals surface area contributed by atoms with Crippen molar-refractivity contribution in [1.82, 2.24) is 5.32 Å². The number of nitrogens with zero attached hydrogens (tertiary/aromatic N) is 1. The van der Waals surface area contributed by atoms with Gasteiger partial charge in [-0.15, -0.1) is 0 Å². The van der Waals surface area contributed by atoms with Crippen molar-refractivity contribution in [2.45, 2.75) is 290 Å². The molecule has 0 aromatic heterocycles. The molecule has 0 heterocycles. The number of carbonyl (C=O) groups is 2. The Kier molecular flexibility index (Phi) is 55.9. The molecular formula is C69H123N2O7P. The van der Waals surface area contributed by atoms with Crippen molar-refractivity contribution in [2.24, 2.45) is 0 Å². The lowest BCUT2D eigenvalue weighted by atomic mass is 10.1. The summed E-state index contributed by atoms with van der Waals surface area (Å²) in [5.41, 5.74) is 0. The number of quaternary nitrogens is 1. The van der Waals surface area contributed by atoms with E-state index in [0.717, 1.165) is 109 Å². The molecule has 0 aliphatic rings. The third kappa shape index (κ3) is 59.4. The van der Waals surface area contributed by atoms with E-state index in [1.165, 1.54) is 128 Å². The number of carbonyl (C=O) groups excluding carboxylic acids is 2. The van der Waals surface area contributed by atoms with Gasteiger partial charge in [-0.25, -0.2) is 0 Å². The predicted octanol–water partition coefficient (Wildman–Crippen LogP) is 19.7. The maximum atomic E-state index is 13.5. The van der Waals surface area contributed by atoms with E-state index in [1.807, 2.05) is 33.3 Å². The molecule has 0 aliphatic carbocycles. The maximum absolute atomic E-state index is 13.5. The minimum absolute atomic E-state index is 0.0321. The summed E-state index contributed by atoms with van der Waals surface area (Å²) in [7, 11) is 1.16. The number of phosphoric ester groups is 1. The van der Waals surface area contributed by atoms with Crippen molar-refractivity contribution in [3.05, 3.63) is 97.2 Å². The molecule has 0 aliphatic heterocycles. The summed E-state index contributed by atoms with van der Waals surface area (Å²) < 4.78 is 30.3. The summed E-state index contributed by atoms with van der Waals surface area (Å²) in [5, 5.41) is 3.01. The van der Waals surface area contributed by atoms with Crippen LogP contribution in [-0.2, 0) is 27.9 Å². The van der Waals surface area contributed by atoms with E-state index < -0.39 is 26.6 Å².